The van der Waals surface area contributed by atoms with Gasteiger partial charge in [-0.2, -0.15) is 0 Å². The molecule has 0 spiro atoms. The van der Waals surface area contributed by atoms with E-state index >= 15 is 0 Å². The van der Waals surface area contributed by atoms with Crippen LogP contribution in [0.25, 0.3) is 0 Å². The molecule has 0 aliphatic carbocycles. The number of rotatable bonds is 3. The summed E-state index contributed by atoms with van der Waals surface area (Å²) in [4.78, 5) is 23.8. The Hall–Kier alpha value is -2.03. The molecule has 2 aliphatic rings. The van der Waals surface area contributed by atoms with Gasteiger partial charge in [0.15, 0.2) is 0 Å². The second kappa shape index (κ2) is 5.99. The number of hydrogen-bond acceptors (Lipinski definition) is 3. The van der Waals surface area contributed by atoms with E-state index in [1.54, 1.807) is 12.1 Å². The van der Waals surface area contributed by atoms with Crippen LogP contribution in [0.1, 0.15) is 28.8 Å². The Morgan fingerprint density at radius 1 is 1.55 bits per heavy atom. The van der Waals surface area contributed by atoms with Gasteiger partial charge in [0.25, 0.3) is 5.91 Å². The average Bonchev–Trinajstić information content (AvgIpc) is 3.11. The highest BCUT2D eigenvalue weighted by Crippen LogP contribution is 2.30. The fraction of sp³-hybridized carbons (Fsp3) is 0.375. The standard InChI is InChI=1S/C16H15ClN2O3/c1-2-12(14-4-3-5-22-14)19-16(21)10-6-9-7-15(20)18-13(9)8-11(10)17/h1,6,8,12,14H,3-5,7H2,(H,18,20)(H,19,21). The van der Waals surface area contributed by atoms with E-state index in [9.17, 15) is 9.59 Å². The van der Waals surface area contributed by atoms with E-state index < -0.39 is 6.04 Å². The summed E-state index contributed by atoms with van der Waals surface area (Å²) in [5, 5.41) is 5.75. The zero-order valence-electron chi connectivity index (χ0n) is 11.8. The van der Waals surface area contributed by atoms with Crippen molar-refractivity contribution < 1.29 is 14.3 Å². The van der Waals surface area contributed by atoms with Gasteiger partial charge < -0.3 is 15.4 Å². The van der Waals surface area contributed by atoms with Crippen LogP contribution in [0.4, 0.5) is 5.69 Å². The lowest BCUT2D eigenvalue weighted by Crippen LogP contribution is -2.42. The van der Waals surface area contributed by atoms with Crippen LogP contribution in [-0.2, 0) is 16.0 Å². The molecule has 2 aliphatic heterocycles. The van der Waals surface area contributed by atoms with Crippen molar-refractivity contribution in [3.05, 3.63) is 28.3 Å². The SMILES string of the molecule is C#CC(NC(=O)c1cc2c(cc1Cl)NC(=O)C2)C1CCCO1. The molecule has 2 heterocycles. The van der Waals surface area contributed by atoms with Crippen molar-refractivity contribution in [2.45, 2.75) is 31.4 Å². The maximum absolute atomic E-state index is 12.4. The molecule has 2 N–H and O–H groups in total. The lowest BCUT2D eigenvalue weighted by molar-refractivity contribution is -0.115. The first-order valence-electron chi connectivity index (χ1n) is 7.09. The third-order valence-corrected chi connectivity index (χ3v) is 4.18. The second-order valence-electron chi connectivity index (χ2n) is 5.38. The molecule has 2 atom stereocenters. The van der Waals surface area contributed by atoms with Crippen LogP contribution in [0.3, 0.4) is 0 Å². The Morgan fingerprint density at radius 3 is 3.05 bits per heavy atom. The van der Waals surface area contributed by atoms with Crippen LogP contribution >= 0.6 is 11.6 Å². The maximum Gasteiger partial charge on any atom is 0.253 e. The Bertz CT molecular complexity index is 675. The summed E-state index contributed by atoms with van der Waals surface area (Å²) in [5.74, 6) is 2.09. The Balaban J connectivity index is 1.79. The van der Waals surface area contributed by atoms with Crippen LogP contribution in [0, 0.1) is 12.3 Å². The zero-order valence-corrected chi connectivity index (χ0v) is 12.6. The topological polar surface area (TPSA) is 67.4 Å². The lowest BCUT2D eigenvalue weighted by atomic mass is 10.1. The van der Waals surface area contributed by atoms with Gasteiger partial charge in [0.05, 0.1) is 23.1 Å². The van der Waals surface area contributed by atoms with E-state index in [1.807, 2.05) is 0 Å². The van der Waals surface area contributed by atoms with Crippen molar-refractivity contribution in [2.75, 3.05) is 11.9 Å². The predicted octanol–water partition coefficient (Wildman–Crippen LogP) is 1.75. The molecular weight excluding hydrogens is 304 g/mol. The molecule has 1 fully saturated rings. The average molecular weight is 319 g/mol. The Labute approximate surface area is 133 Å². The van der Waals surface area contributed by atoms with Crippen LogP contribution in [0.5, 0.6) is 0 Å². The van der Waals surface area contributed by atoms with Crippen molar-refractivity contribution in [1.82, 2.24) is 5.32 Å². The molecule has 2 amide bonds. The van der Waals surface area contributed by atoms with Crippen LogP contribution in [-0.4, -0.2) is 30.6 Å². The number of hydrogen-bond donors (Lipinski definition) is 2. The van der Waals surface area contributed by atoms with E-state index in [-0.39, 0.29) is 29.4 Å². The van der Waals surface area contributed by atoms with Crippen molar-refractivity contribution in [3.8, 4) is 12.3 Å². The third-order valence-electron chi connectivity index (χ3n) is 3.87. The predicted molar refractivity (Wildman–Crippen MR) is 82.8 cm³/mol. The molecule has 2 unspecified atom stereocenters. The van der Waals surface area contributed by atoms with E-state index in [0.717, 1.165) is 18.4 Å². The van der Waals surface area contributed by atoms with Gasteiger partial charge in [0, 0.05) is 12.3 Å². The van der Waals surface area contributed by atoms with Crippen LogP contribution in [0.15, 0.2) is 12.1 Å². The minimum Gasteiger partial charge on any atom is -0.375 e. The van der Waals surface area contributed by atoms with E-state index in [0.29, 0.717) is 17.9 Å². The van der Waals surface area contributed by atoms with Crippen molar-refractivity contribution in [2.24, 2.45) is 0 Å². The molecule has 3 rings (SSSR count). The first-order chi connectivity index (χ1) is 10.6. The number of carbonyl (C=O) groups is 2. The molecule has 1 saturated heterocycles. The number of benzene rings is 1. The minimum absolute atomic E-state index is 0.107. The number of nitrogens with one attached hydrogen (secondary N) is 2. The number of terminal acetylenes is 1. The first kappa shape index (κ1) is 14.9. The number of anilines is 1. The zero-order chi connectivity index (χ0) is 15.7. The summed E-state index contributed by atoms with van der Waals surface area (Å²) < 4.78 is 5.52. The summed E-state index contributed by atoms with van der Waals surface area (Å²) in [7, 11) is 0. The third kappa shape index (κ3) is 2.80. The largest absolute Gasteiger partial charge is 0.375 e. The number of fused-ring (bicyclic) bond motifs is 1. The van der Waals surface area contributed by atoms with E-state index in [1.165, 1.54) is 0 Å². The molecule has 5 nitrogen and oxygen atoms in total. The summed E-state index contributed by atoms with van der Waals surface area (Å²) in [5.41, 5.74) is 1.73. The highest BCUT2D eigenvalue weighted by atomic mass is 35.5. The highest BCUT2D eigenvalue weighted by Gasteiger charge is 2.28. The van der Waals surface area contributed by atoms with Gasteiger partial charge in [-0.15, -0.1) is 6.42 Å². The van der Waals surface area contributed by atoms with Crippen molar-refractivity contribution >= 4 is 29.1 Å². The van der Waals surface area contributed by atoms with Crippen molar-refractivity contribution in [1.29, 1.82) is 0 Å². The quantitative estimate of drug-likeness (QED) is 0.834. The lowest BCUT2D eigenvalue weighted by Gasteiger charge is -2.19. The fourth-order valence-corrected chi connectivity index (χ4v) is 3.00. The van der Waals surface area contributed by atoms with Gasteiger partial charge in [-0.1, -0.05) is 17.5 Å². The number of amides is 2. The summed E-state index contributed by atoms with van der Waals surface area (Å²) >= 11 is 6.14. The van der Waals surface area contributed by atoms with Crippen molar-refractivity contribution in [3.63, 3.8) is 0 Å². The molecule has 0 saturated carbocycles. The molecule has 6 heteroatoms. The van der Waals surface area contributed by atoms with Crippen LogP contribution in [0.2, 0.25) is 5.02 Å². The van der Waals surface area contributed by atoms with E-state index in [2.05, 4.69) is 16.6 Å². The number of ether oxygens (including phenoxy) is 1. The normalized spacial score (nSPS) is 20.9. The molecule has 1 aromatic rings. The smallest absolute Gasteiger partial charge is 0.253 e. The fourth-order valence-electron chi connectivity index (χ4n) is 2.75. The molecule has 1 aromatic carbocycles. The highest BCUT2D eigenvalue weighted by molar-refractivity contribution is 6.34. The van der Waals surface area contributed by atoms with Gasteiger partial charge in [-0.3, -0.25) is 9.59 Å². The second-order valence-corrected chi connectivity index (χ2v) is 5.79. The molecule has 0 aromatic heterocycles. The van der Waals surface area contributed by atoms with Gasteiger partial charge in [0.1, 0.15) is 6.04 Å². The molecular formula is C16H15ClN2O3. The number of carbonyl (C=O) groups excluding carboxylic acids is 2. The Kier molecular flexibility index (Phi) is 4.06. The van der Waals surface area contributed by atoms with Gasteiger partial charge in [-0.25, -0.2) is 0 Å². The minimum atomic E-state index is -0.487. The molecule has 114 valence electrons. The summed E-state index contributed by atoms with van der Waals surface area (Å²) in [6.07, 6.45) is 7.34. The summed E-state index contributed by atoms with van der Waals surface area (Å²) in [6, 6.07) is 2.74. The first-order valence-corrected chi connectivity index (χ1v) is 7.47. The van der Waals surface area contributed by atoms with Gasteiger partial charge in [-0.05, 0) is 30.5 Å². The van der Waals surface area contributed by atoms with Gasteiger partial charge >= 0.3 is 0 Å². The maximum atomic E-state index is 12.4. The van der Waals surface area contributed by atoms with Crippen LogP contribution < -0.4 is 10.6 Å². The molecule has 22 heavy (non-hydrogen) atoms. The Morgan fingerprint density at radius 2 is 2.36 bits per heavy atom. The van der Waals surface area contributed by atoms with E-state index in [4.69, 9.17) is 22.8 Å². The van der Waals surface area contributed by atoms with Gasteiger partial charge in [0.2, 0.25) is 5.91 Å². The number of halogens is 1. The molecule has 0 bridgehead atoms. The monoisotopic (exact) mass is 318 g/mol. The summed E-state index contributed by atoms with van der Waals surface area (Å²) in [6.45, 7) is 0.659. The molecule has 0 radical (unpaired) electrons.